The maximum atomic E-state index is 13.2. The number of aryl methyl sites for hydroxylation is 1. The number of anilines is 1. The summed E-state index contributed by atoms with van der Waals surface area (Å²) >= 11 is 0. The fourth-order valence-electron chi connectivity index (χ4n) is 2.43. The van der Waals surface area contributed by atoms with Gasteiger partial charge in [-0.1, -0.05) is 30.3 Å². The highest BCUT2D eigenvalue weighted by Crippen LogP contribution is 2.21. The van der Waals surface area contributed by atoms with Gasteiger partial charge in [-0.2, -0.15) is 0 Å². The summed E-state index contributed by atoms with van der Waals surface area (Å²) in [7, 11) is 1.84. The van der Waals surface area contributed by atoms with Crippen LogP contribution >= 0.6 is 0 Å². The Morgan fingerprint density at radius 3 is 2.46 bits per heavy atom. The molecule has 0 bridgehead atoms. The van der Waals surface area contributed by atoms with E-state index in [0.29, 0.717) is 11.5 Å². The lowest BCUT2D eigenvalue weighted by Crippen LogP contribution is -2.34. The van der Waals surface area contributed by atoms with Gasteiger partial charge in [0.25, 0.3) is 0 Å². The van der Waals surface area contributed by atoms with Crippen molar-refractivity contribution in [3.05, 3.63) is 84.2 Å². The Bertz CT molecular complexity index is 815. The predicted octanol–water partition coefficient (Wildman–Crippen LogP) is 3.47. The second-order valence-corrected chi connectivity index (χ2v) is 5.35. The monoisotopic (exact) mass is 324 g/mol. The third-order valence-electron chi connectivity index (χ3n) is 3.63. The molecule has 2 aromatic carbocycles. The first kappa shape index (κ1) is 15.7. The summed E-state index contributed by atoms with van der Waals surface area (Å²) in [6.45, 7) is 0. The number of hydrogen-bond donors (Lipinski definition) is 2. The molecule has 122 valence electrons. The van der Waals surface area contributed by atoms with Crippen molar-refractivity contribution in [3.63, 3.8) is 0 Å². The number of rotatable bonds is 4. The zero-order valence-electron chi connectivity index (χ0n) is 13.1. The highest BCUT2D eigenvalue weighted by Gasteiger charge is 2.20. The van der Waals surface area contributed by atoms with Crippen molar-refractivity contribution in [2.75, 3.05) is 5.32 Å². The number of amides is 2. The predicted molar refractivity (Wildman–Crippen MR) is 90.0 cm³/mol. The molecule has 24 heavy (non-hydrogen) atoms. The molecule has 3 rings (SSSR count). The van der Waals surface area contributed by atoms with Gasteiger partial charge in [0.1, 0.15) is 17.7 Å². The molecule has 0 aliphatic rings. The number of halogens is 1. The van der Waals surface area contributed by atoms with Crippen molar-refractivity contribution in [1.29, 1.82) is 0 Å². The van der Waals surface area contributed by atoms with Crippen LogP contribution in [0.25, 0.3) is 0 Å². The minimum absolute atomic E-state index is 0.328. The van der Waals surface area contributed by atoms with Gasteiger partial charge >= 0.3 is 6.03 Å². The van der Waals surface area contributed by atoms with Crippen LogP contribution in [0.1, 0.15) is 17.4 Å². The van der Waals surface area contributed by atoms with Crippen molar-refractivity contribution in [1.82, 2.24) is 14.9 Å². The van der Waals surface area contributed by atoms with E-state index in [-0.39, 0.29) is 11.8 Å². The van der Waals surface area contributed by atoms with Gasteiger partial charge in [0, 0.05) is 25.1 Å². The zero-order chi connectivity index (χ0) is 16.9. The SMILES string of the molecule is Cn1ccnc1[C@@H](NC(=O)Nc1ccccc1)c1ccc(F)cc1. The molecule has 0 radical (unpaired) electrons. The van der Waals surface area contributed by atoms with Crippen LogP contribution in [-0.4, -0.2) is 15.6 Å². The van der Waals surface area contributed by atoms with E-state index in [1.165, 1.54) is 12.1 Å². The Labute approximate surface area is 139 Å². The van der Waals surface area contributed by atoms with Gasteiger partial charge in [0.2, 0.25) is 0 Å². The van der Waals surface area contributed by atoms with E-state index in [1.54, 1.807) is 36.7 Å². The standard InChI is InChI=1S/C18H17FN4O/c1-23-12-11-20-17(23)16(13-7-9-14(19)10-8-13)22-18(24)21-15-5-3-2-4-6-15/h2-12,16H,1H3,(H2,21,22,24)/t16-/m0/s1. The van der Waals surface area contributed by atoms with Gasteiger partial charge in [0.15, 0.2) is 0 Å². The highest BCUT2D eigenvalue weighted by molar-refractivity contribution is 5.89. The average Bonchev–Trinajstić information content (AvgIpc) is 3.00. The lowest BCUT2D eigenvalue weighted by Gasteiger charge is -2.19. The smallest absolute Gasteiger partial charge is 0.320 e. The number of nitrogens with one attached hydrogen (secondary N) is 2. The van der Waals surface area contributed by atoms with E-state index < -0.39 is 6.04 Å². The van der Waals surface area contributed by atoms with Gasteiger partial charge in [0.05, 0.1) is 0 Å². The molecule has 1 heterocycles. The molecule has 0 aliphatic heterocycles. The molecule has 3 aromatic rings. The molecule has 2 amide bonds. The molecule has 0 unspecified atom stereocenters. The summed E-state index contributed by atoms with van der Waals surface area (Å²) in [4.78, 5) is 16.6. The zero-order valence-corrected chi connectivity index (χ0v) is 13.1. The molecular weight excluding hydrogens is 307 g/mol. The second kappa shape index (κ2) is 6.95. The minimum atomic E-state index is -0.491. The molecule has 1 atom stereocenters. The highest BCUT2D eigenvalue weighted by atomic mass is 19.1. The first-order valence-electron chi connectivity index (χ1n) is 7.49. The van der Waals surface area contributed by atoms with Gasteiger partial charge < -0.3 is 15.2 Å². The summed E-state index contributed by atoms with van der Waals surface area (Å²) in [6, 6.07) is 14.3. The number of carbonyl (C=O) groups is 1. The van der Waals surface area contributed by atoms with E-state index in [0.717, 1.165) is 5.56 Å². The molecule has 0 aliphatic carbocycles. The van der Waals surface area contributed by atoms with Crippen molar-refractivity contribution in [2.45, 2.75) is 6.04 Å². The van der Waals surface area contributed by atoms with Crippen LogP contribution in [0, 0.1) is 5.82 Å². The lowest BCUT2D eigenvalue weighted by atomic mass is 10.1. The molecular formula is C18H17FN4O. The summed E-state index contributed by atoms with van der Waals surface area (Å²) < 4.78 is 15.0. The Morgan fingerprint density at radius 1 is 1.12 bits per heavy atom. The van der Waals surface area contributed by atoms with Crippen LogP contribution in [0.15, 0.2) is 67.0 Å². The molecule has 0 fully saturated rings. The fourth-order valence-corrected chi connectivity index (χ4v) is 2.43. The lowest BCUT2D eigenvalue weighted by molar-refractivity contribution is 0.249. The van der Waals surface area contributed by atoms with Gasteiger partial charge in [-0.25, -0.2) is 14.2 Å². The number of benzene rings is 2. The van der Waals surface area contributed by atoms with E-state index in [2.05, 4.69) is 15.6 Å². The molecule has 5 nitrogen and oxygen atoms in total. The second-order valence-electron chi connectivity index (χ2n) is 5.35. The quantitative estimate of drug-likeness (QED) is 0.772. The fraction of sp³-hybridized carbons (Fsp3) is 0.111. The maximum Gasteiger partial charge on any atom is 0.320 e. The largest absolute Gasteiger partial charge is 0.336 e. The van der Waals surface area contributed by atoms with E-state index in [1.807, 2.05) is 29.8 Å². The summed E-state index contributed by atoms with van der Waals surface area (Å²) in [5.74, 6) is 0.330. The Balaban J connectivity index is 1.84. The van der Waals surface area contributed by atoms with Crippen LogP contribution in [0.4, 0.5) is 14.9 Å². The molecule has 0 saturated carbocycles. The average molecular weight is 324 g/mol. The third kappa shape index (κ3) is 3.60. The number of urea groups is 1. The number of nitrogens with zero attached hydrogens (tertiary/aromatic N) is 2. The van der Waals surface area contributed by atoms with Crippen LogP contribution in [0.3, 0.4) is 0 Å². The van der Waals surface area contributed by atoms with E-state index in [9.17, 15) is 9.18 Å². The first-order chi connectivity index (χ1) is 11.6. The Hall–Kier alpha value is -3.15. The van der Waals surface area contributed by atoms with Crippen LogP contribution < -0.4 is 10.6 Å². The molecule has 0 saturated heterocycles. The van der Waals surface area contributed by atoms with Crippen LogP contribution in [0.5, 0.6) is 0 Å². The normalized spacial score (nSPS) is 11.8. The van der Waals surface area contributed by atoms with Crippen molar-refractivity contribution in [2.24, 2.45) is 7.05 Å². The van der Waals surface area contributed by atoms with E-state index in [4.69, 9.17) is 0 Å². The molecule has 6 heteroatoms. The number of para-hydroxylation sites is 1. The van der Waals surface area contributed by atoms with Crippen molar-refractivity contribution >= 4 is 11.7 Å². The number of hydrogen-bond acceptors (Lipinski definition) is 2. The summed E-state index contributed by atoms with van der Waals surface area (Å²) in [5, 5.41) is 5.66. The molecule has 0 spiro atoms. The summed E-state index contributed by atoms with van der Waals surface area (Å²) in [5.41, 5.74) is 1.43. The Morgan fingerprint density at radius 2 is 1.83 bits per heavy atom. The summed E-state index contributed by atoms with van der Waals surface area (Å²) in [6.07, 6.45) is 3.45. The minimum Gasteiger partial charge on any atom is -0.336 e. The van der Waals surface area contributed by atoms with Gasteiger partial charge in [-0.05, 0) is 29.8 Å². The number of aromatic nitrogens is 2. The third-order valence-corrected chi connectivity index (χ3v) is 3.63. The Kier molecular flexibility index (Phi) is 4.56. The maximum absolute atomic E-state index is 13.2. The number of imidazole rings is 1. The number of carbonyl (C=O) groups excluding carboxylic acids is 1. The first-order valence-corrected chi connectivity index (χ1v) is 7.49. The van der Waals surface area contributed by atoms with Crippen molar-refractivity contribution < 1.29 is 9.18 Å². The van der Waals surface area contributed by atoms with Gasteiger partial charge in [-0.15, -0.1) is 0 Å². The van der Waals surface area contributed by atoms with Crippen LogP contribution in [-0.2, 0) is 7.05 Å². The molecule has 2 N–H and O–H groups in total. The van der Waals surface area contributed by atoms with Gasteiger partial charge in [-0.3, -0.25) is 0 Å². The van der Waals surface area contributed by atoms with Crippen LogP contribution in [0.2, 0.25) is 0 Å². The van der Waals surface area contributed by atoms with E-state index >= 15 is 0 Å². The molecule has 1 aromatic heterocycles. The van der Waals surface area contributed by atoms with Crippen molar-refractivity contribution in [3.8, 4) is 0 Å². The topological polar surface area (TPSA) is 59.0 Å².